The van der Waals surface area contributed by atoms with Crippen molar-refractivity contribution in [2.45, 2.75) is 0 Å². The molecule has 0 atom stereocenters. The lowest BCUT2D eigenvalue weighted by Crippen LogP contribution is -2.22. The highest BCUT2D eigenvalue weighted by Gasteiger charge is 2.21. The van der Waals surface area contributed by atoms with E-state index in [2.05, 4.69) is 10.1 Å². The normalized spacial score (nSPS) is 18.6. The summed E-state index contributed by atoms with van der Waals surface area (Å²) in [6, 6.07) is 0. The van der Waals surface area contributed by atoms with Crippen LogP contribution in [0.3, 0.4) is 0 Å². The lowest BCUT2D eigenvalue weighted by molar-refractivity contribution is -0.136. The molecular weight excluding hydrogens is 218 g/mol. The number of hydrogen-bond acceptors (Lipinski definition) is 4. The summed E-state index contributed by atoms with van der Waals surface area (Å²) < 4.78 is 30.2. The van der Waals surface area contributed by atoms with E-state index in [4.69, 9.17) is 5.41 Å². The highest BCUT2D eigenvalue weighted by Crippen LogP contribution is 2.24. The second-order valence-corrected chi connectivity index (χ2v) is 2.93. The van der Waals surface area contributed by atoms with Crippen LogP contribution in [0.4, 0.5) is 8.78 Å². The molecule has 0 aliphatic heterocycles. The van der Waals surface area contributed by atoms with Crippen molar-refractivity contribution in [1.82, 2.24) is 5.32 Å². The maximum atomic E-state index is 13.0. The molecule has 6 heteroatoms. The first kappa shape index (κ1) is 12.1. The predicted molar refractivity (Wildman–Crippen MR) is 54.2 cm³/mol. The first-order valence-electron chi connectivity index (χ1n) is 4.35. The van der Waals surface area contributed by atoms with Crippen LogP contribution in [0.2, 0.25) is 0 Å². The zero-order valence-electron chi connectivity index (χ0n) is 8.73. The number of esters is 1. The molecule has 0 aromatic rings. The molecule has 86 valence electrons. The van der Waals surface area contributed by atoms with E-state index in [0.717, 1.165) is 13.2 Å². The van der Waals surface area contributed by atoms with Gasteiger partial charge in [0.1, 0.15) is 5.70 Å². The van der Waals surface area contributed by atoms with Gasteiger partial charge in [0.15, 0.2) is 11.7 Å². The number of nitrogens with one attached hydrogen (secondary N) is 2. The number of likely N-dealkylation sites (N-methyl/N-ethyl adjacent to an activating group) is 1. The Morgan fingerprint density at radius 2 is 1.94 bits per heavy atom. The van der Waals surface area contributed by atoms with Crippen LogP contribution >= 0.6 is 0 Å². The highest BCUT2D eigenvalue weighted by molar-refractivity contribution is 6.14. The zero-order chi connectivity index (χ0) is 12.3. The Balaban J connectivity index is 3.27. The molecule has 0 bridgehead atoms. The number of halogens is 2. The Bertz CT molecular complexity index is 436. The minimum atomic E-state index is -1.13. The third-order valence-electron chi connectivity index (χ3n) is 1.97. The number of ether oxygens (including phenoxy) is 1. The number of rotatable bonds is 2. The molecule has 0 radical (unpaired) electrons. The molecule has 0 unspecified atom stereocenters. The van der Waals surface area contributed by atoms with E-state index >= 15 is 0 Å². The van der Waals surface area contributed by atoms with Crippen molar-refractivity contribution in [1.29, 1.82) is 5.41 Å². The van der Waals surface area contributed by atoms with Gasteiger partial charge in [-0.25, -0.2) is 13.6 Å². The van der Waals surface area contributed by atoms with Gasteiger partial charge in [-0.2, -0.15) is 0 Å². The summed E-state index contributed by atoms with van der Waals surface area (Å²) >= 11 is 0. The fourth-order valence-corrected chi connectivity index (χ4v) is 1.20. The molecule has 1 rings (SSSR count). The molecule has 0 heterocycles. The maximum absolute atomic E-state index is 13.0. The van der Waals surface area contributed by atoms with E-state index < -0.39 is 17.6 Å². The first-order valence-corrected chi connectivity index (χ1v) is 4.35. The van der Waals surface area contributed by atoms with E-state index in [1.54, 1.807) is 0 Å². The number of hydrogen-bond donors (Lipinski definition) is 2. The molecule has 0 saturated carbocycles. The lowest BCUT2D eigenvalue weighted by Gasteiger charge is -2.12. The minimum absolute atomic E-state index is 0.0479. The molecule has 0 aromatic heterocycles. The van der Waals surface area contributed by atoms with Crippen LogP contribution in [0, 0.1) is 5.41 Å². The quantitative estimate of drug-likeness (QED) is 0.554. The van der Waals surface area contributed by atoms with Crippen LogP contribution in [-0.2, 0) is 9.53 Å². The van der Waals surface area contributed by atoms with Crippen molar-refractivity contribution >= 4 is 11.7 Å². The largest absolute Gasteiger partial charge is 0.464 e. The monoisotopic (exact) mass is 228 g/mol. The van der Waals surface area contributed by atoms with Crippen molar-refractivity contribution in [2.24, 2.45) is 0 Å². The standard InChI is InChI=1S/C10H10F2N2O2/c1-14-9(10(15)16-2)5-3-6(11)7(12)4-8(5)13/h3-4,13-14H,1-2H3/b9-5-,13-8?. The summed E-state index contributed by atoms with van der Waals surface area (Å²) in [7, 11) is 2.58. The van der Waals surface area contributed by atoms with E-state index in [1.807, 2.05) is 0 Å². The molecule has 0 fully saturated rings. The van der Waals surface area contributed by atoms with Crippen molar-refractivity contribution in [3.8, 4) is 0 Å². The molecule has 1 aliphatic carbocycles. The summed E-state index contributed by atoms with van der Waals surface area (Å²) in [6.07, 6.45) is 1.48. The number of carbonyl (C=O) groups is 1. The Hall–Kier alpha value is -1.98. The van der Waals surface area contributed by atoms with Crippen LogP contribution in [-0.4, -0.2) is 25.8 Å². The summed E-state index contributed by atoms with van der Waals surface area (Å²) in [6.45, 7) is 0. The van der Waals surface area contributed by atoms with Gasteiger partial charge in [0.25, 0.3) is 0 Å². The van der Waals surface area contributed by atoms with Crippen molar-refractivity contribution in [3.63, 3.8) is 0 Å². The molecular formula is C10H10F2N2O2. The van der Waals surface area contributed by atoms with Crippen molar-refractivity contribution < 1.29 is 18.3 Å². The molecule has 0 saturated heterocycles. The number of allylic oxidation sites excluding steroid dienone is 5. The van der Waals surface area contributed by atoms with E-state index in [9.17, 15) is 13.6 Å². The predicted octanol–water partition coefficient (Wildman–Crippen LogP) is 1.37. The summed E-state index contributed by atoms with van der Waals surface area (Å²) in [5, 5.41) is 9.92. The number of carbonyl (C=O) groups excluding carboxylic acids is 1. The molecule has 16 heavy (non-hydrogen) atoms. The van der Waals surface area contributed by atoms with Crippen LogP contribution < -0.4 is 5.32 Å². The van der Waals surface area contributed by atoms with Gasteiger partial charge in [-0.05, 0) is 6.08 Å². The highest BCUT2D eigenvalue weighted by atomic mass is 19.2. The maximum Gasteiger partial charge on any atom is 0.354 e. The van der Waals surface area contributed by atoms with E-state index in [-0.39, 0.29) is 17.0 Å². The van der Waals surface area contributed by atoms with Gasteiger partial charge in [-0.15, -0.1) is 0 Å². The SMILES string of the molecule is CN/C(C(=O)OC)=C1/C=C(F)C(F)=CC1=N. The van der Waals surface area contributed by atoms with Gasteiger partial charge in [0.2, 0.25) is 0 Å². The van der Waals surface area contributed by atoms with Gasteiger partial charge in [-0.3, -0.25) is 0 Å². The van der Waals surface area contributed by atoms with Gasteiger partial charge in [0, 0.05) is 18.7 Å². The van der Waals surface area contributed by atoms with E-state index in [1.165, 1.54) is 7.05 Å². The second kappa shape index (κ2) is 4.69. The average Bonchev–Trinajstić information content (AvgIpc) is 2.26. The van der Waals surface area contributed by atoms with Crippen LogP contribution in [0.25, 0.3) is 0 Å². The molecule has 1 aliphatic rings. The van der Waals surface area contributed by atoms with E-state index in [0.29, 0.717) is 6.08 Å². The first-order chi connectivity index (χ1) is 7.51. The summed E-state index contributed by atoms with van der Waals surface area (Å²) in [5.74, 6) is -3.00. The zero-order valence-corrected chi connectivity index (χ0v) is 8.73. The molecule has 4 nitrogen and oxygen atoms in total. The van der Waals surface area contributed by atoms with Gasteiger partial charge in [-0.1, -0.05) is 0 Å². The Morgan fingerprint density at radius 1 is 1.38 bits per heavy atom. The van der Waals surface area contributed by atoms with Gasteiger partial charge < -0.3 is 15.5 Å². The third kappa shape index (κ3) is 2.16. The third-order valence-corrected chi connectivity index (χ3v) is 1.97. The topological polar surface area (TPSA) is 62.2 Å². The Morgan fingerprint density at radius 3 is 2.44 bits per heavy atom. The van der Waals surface area contributed by atoms with Crippen LogP contribution in [0.5, 0.6) is 0 Å². The van der Waals surface area contributed by atoms with Crippen molar-refractivity contribution in [3.05, 3.63) is 35.1 Å². The number of methoxy groups -OCH3 is 1. The molecule has 0 spiro atoms. The fourth-order valence-electron chi connectivity index (χ4n) is 1.20. The Kier molecular flexibility index (Phi) is 3.55. The molecule has 2 N–H and O–H groups in total. The molecule has 0 aromatic carbocycles. The summed E-state index contributed by atoms with van der Waals surface area (Å²) in [5.41, 5.74) is -0.437. The fraction of sp³-hybridized carbons (Fsp3) is 0.200. The lowest BCUT2D eigenvalue weighted by atomic mass is 10.0. The smallest absolute Gasteiger partial charge is 0.354 e. The molecule has 0 amide bonds. The Labute approximate surface area is 90.8 Å². The second-order valence-electron chi connectivity index (χ2n) is 2.93. The summed E-state index contributed by atoms with van der Waals surface area (Å²) in [4.78, 5) is 11.3. The van der Waals surface area contributed by atoms with Crippen molar-refractivity contribution in [2.75, 3.05) is 14.2 Å². The van der Waals surface area contributed by atoms with Crippen LogP contribution in [0.15, 0.2) is 35.1 Å². The van der Waals surface area contributed by atoms with Crippen LogP contribution in [0.1, 0.15) is 0 Å². The minimum Gasteiger partial charge on any atom is -0.464 e. The average molecular weight is 228 g/mol. The van der Waals surface area contributed by atoms with Gasteiger partial charge >= 0.3 is 5.97 Å². The van der Waals surface area contributed by atoms with Gasteiger partial charge in [0.05, 0.1) is 12.8 Å².